The maximum Gasteiger partial charge on any atom is 0.159 e. The Morgan fingerprint density at radius 1 is 1.57 bits per heavy atom. The van der Waals surface area contributed by atoms with Crippen molar-refractivity contribution in [2.75, 3.05) is 5.73 Å². The molecule has 0 bridgehead atoms. The Labute approximate surface area is 93.8 Å². The molecule has 1 aromatic rings. The molecule has 0 amide bonds. The highest BCUT2D eigenvalue weighted by Gasteiger charge is 2.20. The van der Waals surface area contributed by atoms with Crippen molar-refractivity contribution in [1.82, 2.24) is 9.78 Å². The number of nitrogens with two attached hydrogens (primary N) is 1. The predicted octanol–water partition coefficient (Wildman–Crippen LogP) is 2.91. The lowest BCUT2D eigenvalue weighted by atomic mass is 9.82. The molecule has 0 radical (unpaired) electrons. The maximum absolute atomic E-state index is 5.65. The van der Waals surface area contributed by atoms with Crippen LogP contribution in [0.1, 0.15) is 27.7 Å². The number of anilines is 1. The summed E-state index contributed by atoms with van der Waals surface area (Å²) in [5.74, 6) is 1.12. The first-order valence-corrected chi connectivity index (χ1v) is 5.58. The number of rotatable bonds is 2. The van der Waals surface area contributed by atoms with Gasteiger partial charge in [-0.15, -0.1) is 0 Å². The van der Waals surface area contributed by atoms with E-state index >= 15 is 0 Å². The lowest BCUT2D eigenvalue weighted by molar-refractivity contribution is 0.226. The molecule has 1 atom stereocenters. The molecule has 0 aromatic carbocycles. The van der Waals surface area contributed by atoms with Crippen LogP contribution < -0.4 is 5.73 Å². The van der Waals surface area contributed by atoms with Gasteiger partial charge in [0.25, 0.3) is 0 Å². The Kier molecular flexibility index (Phi) is 3.24. The van der Waals surface area contributed by atoms with Crippen molar-refractivity contribution >= 4 is 21.7 Å². The van der Waals surface area contributed by atoms with Gasteiger partial charge >= 0.3 is 0 Å². The van der Waals surface area contributed by atoms with Crippen LogP contribution in [0.25, 0.3) is 0 Å². The smallest absolute Gasteiger partial charge is 0.159 e. The van der Waals surface area contributed by atoms with Gasteiger partial charge in [-0.1, -0.05) is 27.7 Å². The lowest BCUT2D eigenvalue weighted by Gasteiger charge is -2.26. The van der Waals surface area contributed by atoms with E-state index in [1.54, 1.807) is 0 Å². The van der Waals surface area contributed by atoms with Gasteiger partial charge in [-0.05, 0) is 27.3 Å². The van der Waals surface area contributed by atoms with Crippen LogP contribution in [0.2, 0.25) is 0 Å². The van der Waals surface area contributed by atoms with Gasteiger partial charge in [-0.3, -0.25) is 4.68 Å². The van der Waals surface area contributed by atoms with Gasteiger partial charge in [0.15, 0.2) is 5.82 Å². The van der Waals surface area contributed by atoms with Crippen LogP contribution >= 0.6 is 15.9 Å². The molecule has 0 spiro atoms. The van der Waals surface area contributed by atoms with Crippen LogP contribution in [-0.2, 0) is 6.54 Å². The minimum atomic E-state index is 0.299. The van der Waals surface area contributed by atoms with E-state index in [1.807, 2.05) is 10.9 Å². The molecular weight excluding hydrogens is 242 g/mol. The van der Waals surface area contributed by atoms with E-state index in [0.717, 1.165) is 11.0 Å². The van der Waals surface area contributed by atoms with Crippen LogP contribution in [0.15, 0.2) is 10.7 Å². The molecule has 0 saturated carbocycles. The maximum atomic E-state index is 5.65. The number of aromatic nitrogens is 2. The number of halogens is 1. The minimum absolute atomic E-state index is 0.299. The molecule has 1 heterocycles. The van der Waals surface area contributed by atoms with Gasteiger partial charge in [-0.2, -0.15) is 5.10 Å². The fraction of sp³-hybridized carbons (Fsp3) is 0.700. The van der Waals surface area contributed by atoms with Crippen molar-refractivity contribution in [2.45, 2.75) is 34.2 Å². The third-order valence-electron chi connectivity index (χ3n) is 2.68. The summed E-state index contributed by atoms with van der Waals surface area (Å²) in [6, 6.07) is 0. The molecular formula is C10H18BrN3. The molecule has 0 aliphatic heterocycles. The number of hydrogen-bond acceptors (Lipinski definition) is 2. The van der Waals surface area contributed by atoms with Gasteiger partial charge < -0.3 is 5.73 Å². The molecule has 4 heteroatoms. The summed E-state index contributed by atoms with van der Waals surface area (Å²) in [7, 11) is 0. The summed E-state index contributed by atoms with van der Waals surface area (Å²) in [6.07, 6.45) is 1.93. The monoisotopic (exact) mass is 259 g/mol. The Hall–Kier alpha value is -0.510. The molecule has 0 aliphatic rings. The molecule has 1 aromatic heterocycles. The summed E-state index contributed by atoms with van der Waals surface area (Å²) in [4.78, 5) is 0. The molecule has 3 nitrogen and oxygen atoms in total. The molecule has 80 valence electrons. The van der Waals surface area contributed by atoms with Gasteiger partial charge in [0.1, 0.15) is 0 Å². The Morgan fingerprint density at radius 3 is 2.50 bits per heavy atom. The van der Waals surface area contributed by atoms with E-state index in [1.165, 1.54) is 0 Å². The minimum Gasteiger partial charge on any atom is -0.381 e. The number of nitrogens with zero attached hydrogens (tertiary/aromatic N) is 2. The Morgan fingerprint density at radius 2 is 2.14 bits per heavy atom. The first-order chi connectivity index (χ1) is 6.30. The van der Waals surface area contributed by atoms with Crippen LogP contribution in [0.3, 0.4) is 0 Å². The van der Waals surface area contributed by atoms with E-state index in [4.69, 9.17) is 5.73 Å². The Balaban J connectivity index is 2.70. The fourth-order valence-electron chi connectivity index (χ4n) is 1.06. The summed E-state index contributed by atoms with van der Waals surface area (Å²) in [6.45, 7) is 9.84. The topological polar surface area (TPSA) is 43.8 Å². The zero-order chi connectivity index (χ0) is 10.9. The highest BCUT2D eigenvalue weighted by Crippen LogP contribution is 2.27. The van der Waals surface area contributed by atoms with Crippen molar-refractivity contribution in [3.8, 4) is 0 Å². The second-order valence-corrected chi connectivity index (χ2v) is 5.71. The summed E-state index contributed by atoms with van der Waals surface area (Å²) in [5.41, 5.74) is 5.95. The van der Waals surface area contributed by atoms with Gasteiger partial charge in [-0.25, -0.2) is 0 Å². The Bertz CT molecular complexity index is 292. The zero-order valence-corrected chi connectivity index (χ0v) is 10.8. The average Bonchev–Trinajstić information content (AvgIpc) is 2.29. The molecule has 1 unspecified atom stereocenters. The van der Waals surface area contributed by atoms with Gasteiger partial charge in [0.05, 0.1) is 4.47 Å². The van der Waals surface area contributed by atoms with Crippen molar-refractivity contribution in [2.24, 2.45) is 11.3 Å². The molecule has 0 saturated heterocycles. The molecule has 1 rings (SSSR count). The second-order valence-electron chi connectivity index (χ2n) is 4.85. The van der Waals surface area contributed by atoms with E-state index in [0.29, 0.717) is 17.2 Å². The van der Waals surface area contributed by atoms with E-state index < -0.39 is 0 Å². The van der Waals surface area contributed by atoms with Crippen molar-refractivity contribution in [3.63, 3.8) is 0 Å². The van der Waals surface area contributed by atoms with E-state index in [-0.39, 0.29) is 0 Å². The lowest BCUT2D eigenvalue weighted by Crippen LogP contribution is -2.22. The molecule has 0 aliphatic carbocycles. The predicted molar refractivity (Wildman–Crippen MR) is 63.0 cm³/mol. The van der Waals surface area contributed by atoms with Crippen LogP contribution in [0.4, 0.5) is 5.82 Å². The second kappa shape index (κ2) is 3.93. The van der Waals surface area contributed by atoms with Crippen LogP contribution in [0.5, 0.6) is 0 Å². The van der Waals surface area contributed by atoms with Crippen molar-refractivity contribution in [3.05, 3.63) is 10.7 Å². The van der Waals surface area contributed by atoms with Crippen molar-refractivity contribution < 1.29 is 0 Å². The van der Waals surface area contributed by atoms with E-state index in [2.05, 4.69) is 48.7 Å². The third-order valence-corrected chi connectivity index (χ3v) is 3.29. The SMILES string of the molecule is CC(Cn1cc(Br)c(N)n1)C(C)(C)C. The summed E-state index contributed by atoms with van der Waals surface area (Å²) in [5, 5.41) is 4.21. The first kappa shape index (κ1) is 11.6. The van der Waals surface area contributed by atoms with Gasteiger partial charge in [0.2, 0.25) is 0 Å². The summed E-state index contributed by atoms with van der Waals surface area (Å²) < 4.78 is 2.77. The average molecular weight is 260 g/mol. The normalized spacial score (nSPS) is 14.4. The summed E-state index contributed by atoms with van der Waals surface area (Å²) >= 11 is 3.35. The third kappa shape index (κ3) is 2.74. The van der Waals surface area contributed by atoms with Crippen LogP contribution in [-0.4, -0.2) is 9.78 Å². The first-order valence-electron chi connectivity index (χ1n) is 4.79. The molecule has 0 fully saturated rings. The highest BCUT2D eigenvalue weighted by molar-refractivity contribution is 9.10. The standard InChI is InChI=1S/C10H18BrN3/c1-7(10(2,3)4)5-14-6-8(11)9(12)13-14/h6-7H,5H2,1-4H3,(H2,12,13). The zero-order valence-electron chi connectivity index (χ0n) is 9.21. The van der Waals surface area contributed by atoms with Crippen molar-refractivity contribution in [1.29, 1.82) is 0 Å². The van der Waals surface area contributed by atoms with Crippen LogP contribution in [0, 0.1) is 11.3 Å². The highest BCUT2D eigenvalue weighted by atomic mass is 79.9. The number of nitrogen functional groups attached to an aromatic ring is 1. The largest absolute Gasteiger partial charge is 0.381 e. The quantitative estimate of drug-likeness (QED) is 0.888. The fourth-order valence-corrected chi connectivity index (χ4v) is 1.38. The van der Waals surface area contributed by atoms with Gasteiger partial charge in [0, 0.05) is 12.7 Å². The number of hydrogen-bond donors (Lipinski definition) is 1. The molecule has 14 heavy (non-hydrogen) atoms. The molecule has 2 N–H and O–H groups in total. The van der Waals surface area contributed by atoms with E-state index in [9.17, 15) is 0 Å².